The Morgan fingerprint density at radius 1 is 0.861 bits per heavy atom. The van der Waals surface area contributed by atoms with Crippen LogP contribution in [-0.4, -0.2) is 37.0 Å². The third kappa shape index (κ3) is 4.76. The van der Waals surface area contributed by atoms with Gasteiger partial charge in [0, 0.05) is 49.6 Å². The number of non-ortho nitro benzene ring substituents is 1. The van der Waals surface area contributed by atoms with Gasteiger partial charge in [0.05, 0.1) is 15.6 Å². The number of halogens is 6. The molecule has 3 aromatic rings. The van der Waals surface area contributed by atoms with Crippen molar-refractivity contribution in [3.63, 3.8) is 0 Å². The van der Waals surface area contributed by atoms with Crippen molar-refractivity contribution in [2.45, 2.75) is 0 Å². The van der Waals surface area contributed by atoms with Gasteiger partial charge >= 0.3 is 0 Å². The number of anilines is 3. The van der Waals surface area contributed by atoms with Gasteiger partial charge in [-0.1, -0.05) is 17.7 Å². The Bertz CT molecular complexity index is 1340. The number of hydrogen-bond acceptors (Lipinski definition) is 5. The van der Waals surface area contributed by atoms with Crippen LogP contribution in [0.1, 0.15) is 10.4 Å². The van der Waals surface area contributed by atoms with Gasteiger partial charge in [0.25, 0.3) is 11.6 Å². The Morgan fingerprint density at radius 2 is 1.44 bits per heavy atom. The summed E-state index contributed by atoms with van der Waals surface area (Å²) in [4.78, 5) is 25.6. The largest absolute Gasteiger partial charge is 0.367 e. The number of carbonyl (C=O) groups excluding carboxylic acids is 1. The molecular weight excluding hydrogens is 511 g/mol. The first-order valence-electron chi connectivity index (χ1n) is 10.4. The minimum atomic E-state index is -2.21. The summed E-state index contributed by atoms with van der Waals surface area (Å²) in [5, 5.41) is 13.7. The molecule has 1 aliphatic rings. The van der Waals surface area contributed by atoms with Gasteiger partial charge in [0.15, 0.2) is 23.3 Å². The lowest BCUT2D eigenvalue weighted by atomic mass is 10.1. The monoisotopic (exact) mass is 526 g/mol. The van der Waals surface area contributed by atoms with E-state index in [1.165, 1.54) is 24.3 Å². The van der Waals surface area contributed by atoms with Crippen molar-refractivity contribution in [3.05, 3.63) is 92.3 Å². The SMILES string of the molecule is O=C(Nc1ccc(N2CCN(c3c(F)c(F)c(F)c(F)c3F)CC2)c(Cl)c1)c1cccc([N+](=O)[O-])c1. The summed E-state index contributed by atoms with van der Waals surface area (Å²) < 4.78 is 68.7. The maximum absolute atomic E-state index is 14.1. The van der Waals surface area contributed by atoms with Crippen LogP contribution in [0.25, 0.3) is 0 Å². The molecule has 0 aromatic heterocycles. The van der Waals surface area contributed by atoms with Crippen molar-refractivity contribution >= 4 is 40.3 Å². The first-order chi connectivity index (χ1) is 17.1. The molecule has 1 aliphatic heterocycles. The first kappa shape index (κ1) is 25.2. The molecule has 1 fully saturated rings. The van der Waals surface area contributed by atoms with E-state index < -0.39 is 45.6 Å². The zero-order valence-corrected chi connectivity index (χ0v) is 19.0. The Hall–Kier alpha value is -3.93. The van der Waals surface area contributed by atoms with Gasteiger partial charge in [-0.2, -0.15) is 0 Å². The number of rotatable bonds is 5. The summed E-state index contributed by atoms with van der Waals surface area (Å²) in [7, 11) is 0. The predicted molar refractivity (Wildman–Crippen MR) is 123 cm³/mol. The topological polar surface area (TPSA) is 78.7 Å². The summed E-state index contributed by atoms with van der Waals surface area (Å²) in [5.41, 5.74) is -0.284. The standard InChI is InChI=1S/C23H16ClF5N4O3/c24-15-11-13(30-23(34)12-2-1-3-14(10-12)33(35)36)4-5-16(15)31-6-8-32(9-7-31)22-20(28)18(26)17(25)19(27)21(22)29/h1-5,10-11H,6-9H2,(H,30,34). The maximum atomic E-state index is 14.1. The number of nitro groups is 1. The van der Waals surface area contributed by atoms with E-state index in [0.29, 0.717) is 11.4 Å². The maximum Gasteiger partial charge on any atom is 0.270 e. The Labute approximate surface area is 205 Å². The normalized spacial score (nSPS) is 13.6. The lowest BCUT2D eigenvalue weighted by Gasteiger charge is -2.38. The number of benzene rings is 3. The highest BCUT2D eigenvalue weighted by atomic mass is 35.5. The molecule has 1 saturated heterocycles. The van der Waals surface area contributed by atoms with Crippen LogP contribution in [0.2, 0.25) is 5.02 Å². The molecule has 0 aliphatic carbocycles. The molecule has 13 heteroatoms. The Balaban J connectivity index is 1.45. The fraction of sp³-hybridized carbons (Fsp3) is 0.174. The van der Waals surface area contributed by atoms with Crippen LogP contribution in [0.5, 0.6) is 0 Å². The molecule has 0 unspecified atom stereocenters. The predicted octanol–water partition coefficient (Wildman–Crippen LogP) is 5.52. The molecule has 188 valence electrons. The summed E-state index contributed by atoms with van der Waals surface area (Å²) in [6.07, 6.45) is 0. The first-order valence-corrected chi connectivity index (χ1v) is 10.8. The molecule has 0 bridgehead atoms. The van der Waals surface area contributed by atoms with Crippen molar-refractivity contribution in [3.8, 4) is 0 Å². The molecule has 0 spiro atoms. The van der Waals surface area contributed by atoms with Crippen LogP contribution in [0.4, 0.5) is 44.7 Å². The van der Waals surface area contributed by atoms with Crippen molar-refractivity contribution in [1.29, 1.82) is 0 Å². The molecule has 1 amide bonds. The van der Waals surface area contributed by atoms with Crippen LogP contribution in [0, 0.1) is 39.2 Å². The average molecular weight is 527 g/mol. The zero-order chi connectivity index (χ0) is 26.1. The van der Waals surface area contributed by atoms with Gasteiger partial charge in [-0.3, -0.25) is 14.9 Å². The number of nitrogens with zero attached hydrogens (tertiary/aromatic N) is 3. The zero-order valence-electron chi connectivity index (χ0n) is 18.2. The molecule has 0 radical (unpaired) electrons. The molecule has 36 heavy (non-hydrogen) atoms. The number of nitro benzene ring substituents is 1. The minimum Gasteiger partial charge on any atom is -0.367 e. The second-order valence-electron chi connectivity index (χ2n) is 7.82. The van der Waals surface area contributed by atoms with Gasteiger partial charge in [-0.15, -0.1) is 0 Å². The lowest BCUT2D eigenvalue weighted by molar-refractivity contribution is -0.384. The van der Waals surface area contributed by atoms with Gasteiger partial charge in [0.2, 0.25) is 5.82 Å². The van der Waals surface area contributed by atoms with Crippen molar-refractivity contribution in [2.24, 2.45) is 0 Å². The molecule has 7 nitrogen and oxygen atoms in total. The smallest absolute Gasteiger partial charge is 0.270 e. The van der Waals surface area contributed by atoms with E-state index in [1.54, 1.807) is 17.0 Å². The summed E-state index contributed by atoms with van der Waals surface area (Å²) in [6, 6.07) is 9.80. The van der Waals surface area contributed by atoms with Gasteiger partial charge in [-0.25, -0.2) is 22.0 Å². The molecular formula is C23H16ClF5N4O3. The fourth-order valence-electron chi connectivity index (χ4n) is 3.85. The molecule has 0 atom stereocenters. The van der Waals surface area contributed by atoms with Gasteiger partial charge < -0.3 is 15.1 Å². The Morgan fingerprint density at radius 3 is 2.03 bits per heavy atom. The van der Waals surface area contributed by atoms with E-state index in [9.17, 15) is 36.9 Å². The summed E-state index contributed by atoms with van der Waals surface area (Å²) >= 11 is 6.37. The average Bonchev–Trinajstić information content (AvgIpc) is 2.87. The fourth-order valence-corrected chi connectivity index (χ4v) is 4.15. The second-order valence-corrected chi connectivity index (χ2v) is 8.23. The molecule has 1 N–H and O–H groups in total. The van der Waals surface area contributed by atoms with Crippen LogP contribution < -0.4 is 15.1 Å². The molecule has 3 aromatic carbocycles. The number of carbonyl (C=O) groups is 1. The van der Waals surface area contributed by atoms with Crippen molar-refractivity contribution < 1.29 is 31.7 Å². The molecule has 4 rings (SSSR count). The van der Waals surface area contributed by atoms with E-state index >= 15 is 0 Å². The van der Waals surface area contributed by atoms with Crippen LogP contribution >= 0.6 is 11.6 Å². The minimum absolute atomic E-state index is 0.0417. The van der Waals surface area contributed by atoms with E-state index in [2.05, 4.69) is 5.32 Å². The third-order valence-electron chi connectivity index (χ3n) is 5.65. The van der Waals surface area contributed by atoms with Gasteiger partial charge in [0.1, 0.15) is 5.69 Å². The Kier molecular flexibility index (Phi) is 6.97. The van der Waals surface area contributed by atoms with Crippen LogP contribution in [-0.2, 0) is 0 Å². The summed E-state index contributed by atoms with van der Waals surface area (Å²) in [5.74, 6) is -10.6. The highest BCUT2D eigenvalue weighted by Crippen LogP contribution is 2.33. The van der Waals surface area contributed by atoms with E-state index in [-0.39, 0.29) is 42.5 Å². The number of hydrogen-bond donors (Lipinski definition) is 1. The van der Waals surface area contributed by atoms with Crippen molar-refractivity contribution in [1.82, 2.24) is 0 Å². The van der Waals surface area contributed by atoms with E-state index in [4.69, 9.17) is 11.6 Å². The van der Waals surface area contributed by atoms with E-state index in [1.807, 2.05) is 0 Å². The lowest BCUT2D eigenvalue weighted by Crippen LogP contribution is -2.47. The van der Waals surface area contributed by atoms with Gasteiger partial charge in [-0.05, 0) is 24.3 Å². The number of amides is 1. The van der Waals surface area contributed by atoms with Crippen LogP contribution in [0.3, 0.4) is 0 Å². The summed E-state index contributed by atoms with van der Waals surface area (Å²) in [6.45, 7) is 0.247. The number of piperazine rings is 1. The van der Waals surface area contributed by atoms with E-state index in [0.717, 1.165) is 11.0 Å². The quantitative estimate of drug-likeness (QED) is 0.156. The van der Waals surface area contributed by atoms with Crippen molar-refractivity contribution in [2.75, 3.05) is 41.3 Å². The number of nitrogens with one attached hydrogen (secondary N) is 1. The third-order valence-corrected chi connectivity index (χ3v) is 5.95. The van der Waals surface area contributed by atoms with Crippen LogP contribution in [0.15, 0.2) is 42.5 Å². The molecule has 0 saturated carbocycles. The molecule has 1 heterocycles. The highest BCUT2D eigenvalue weighted by Gasteiger charge is 2.31. The highest BCUT2D eigenvalue weighted by molar-refractivity contribution is 6.33. The second kappa shape index (κ2) is 9.97.